The molecule has 211 valence electrons. The molecule has 0 nitrogen and oxygen atoms in total. The molecular weight excluding hydrogens is 654 g/mol. The molecular formula is C32H69SSn2. The van der Waals surface area contributed by atoms with Crippen LogP contribution in [0.25, 0.3) is 0 Å². The van der Waals surface area contributed by atoms with Crippen molar-refractivity contribution < 1.29 is 0 Å². The van der Waals surface area contributed by atoms with Gasteiger partial charge in [-0.15, -0.1) is 0 Å². The molecule has 0 saturated heterocycles. The van der Waals surface area contributed by atoms with E-state index in [0.717, 1.165) is 0 Å². The van der Waals surface area contributed by atoms with Crippen LogP contribution in [-0.4, -0.2) is 42.3 Å². The van der Waals surface area contributed by atoms with Crippen molar-refractivity contribution in [3.05, 3.63) is 0 Å². The summed E-state index contributed by atoms with van der Waals surface area (Å²) in [5.74, 6) is 0. The van der Waals surface area contributed by atoms with Crippen LogP contribution in [0.5, 0.6) is 0 Å². The van der Waals surface area contributed by atoms with Gasteiger partial charge in [0, 0.05) is 0 Å². The van der Waals surface area contributed by atoms with Gasteiger partial charge in [0.2, 0.25) is 0 Å². The molecule has 0 aliphatic carbocycles. The molecule has 3 radical (unpaired) electrons. The predicted molar refractivity (Wildman–Crippen MR) is 173 cm³/mol. The van der Waals surface area contributed by atoms with Crippen LogP contribution in [0.2, 0.25) is 17.7 Å². The fourth-order valence-corrected chi connectivity index (χ4v) is 11.5. The third-order valence-electron chi connectivity index (χ3n) is 6.83. The average molecular weight is 723 g/mol. The Kier molecular flexibility index (Phi) is 50.9. The molecule has 0 heterocycles. The molecule has 0 aromatic heterocycles. The third kappa shape index (κ3) is 46.2. The number of hydrogen-bond donors (Lipinski definition) is 0. The van der Waals surface area contributed by atoms with Gasteiger partial charge in [-0.3, -0.25) is 0 Å². The van der Waals surface area contributed by atoms with Gasteiger partial charge in [-0.2, -0.15) is 0 Å². The van der Waals surface area contributed by atoms with E-state index in [4.69, 9.17) is 0 Å². The topological polar surface area (TPSA) is 0 Å². The van der Waals surface area contributed by atoms with Crippen LogP contribution in [0.15, 0.2) is 0 Å². The first-order valence-electron chi connectivity index (χ1n) is 16.2. The Hall–Kier alpha value is 1.95. The van der Waals surface area contributed by atoms with Crippen LogP contribution in [0.3, 0.4) is 0 Å². The summed E-state index contributed by atoms with van der Waals surface area (Å²) in [5.41, 5.74) is 0. The normalized spacial score (nSPS) is 10.5. The van der Waals surface area contributed by atoms with Gasteiger partial charge in [-0.05, 0) is 0 Å². The van der Waals surface area contributed by atoms with Crippen LogP contribution in [0.4, 0.5) is 0 Å². The Bertz CT molecular complexity index is 254. The first kappa shape index (κ1) is 41.4. The van der Waals surface area contributed by atoms with Crippen molar-refractivity contribution in [3.8, 4) is 0 Å². The zero-order chi connectivity index (χ0) is 25.2. The van der Waals surface area contributed by atoms with Crippen LogP contribution < -0.4 is 0 Å². The summed E-state index contributed by atoms with van der Waals surface area (Å²) in [6.45, 7) is 9.20. The van der Waals surface area contributed by atoms with Gasteiger partial charge in [0.1, 0.15) is 0 Å². The molecule has 0 rings (SSSR count). The predicted octanol–water partition coefficient (Wildman–Crippen LogP) is 12.2. The van der Waals surface area contributed by atoms with Crippen molar-refractivity contribution in [2.24, 2.45) is 0 Å². The molecule has 0 aromatic carbocycles. The Balaban J connectivity index is -0.000000569. The van der Waals surface area contributed by atoms with Crippen molar-refractivity contribution in [2.75, 3.05) is 0 Å². The Morgan fingerprint density at radius 1 is 0.343 bits per heavy atom. The van der Waals surface area contributed by atoms with E-state index in [1.807, 2.05) is 0 Å². The Labute approximate surface area is 253 Å². The van der Waals surface area contributed by atoms with Crippen LogP contribution in [-0.2, 0) is 13.5 Å². The minimum absolute atomic E-state index is 0. The van der Waals surface area contributed by atoms with Gasteiger partial charge < -0.3 is 13.5 Å². The molecule has 0 fully saturated rings. The average Bonchev–Trinajstić information content (AvgIpc) is 2.85. The maximum Gasteiger partial charge on any atom is -0.813 e. The molecule has 0 spiro atoms. The van der Waals surface area contributed by atoms with Crippen LogP contribution >= 0.6 is 0 Å². The van der Waals surface area contributed by atoms with Crippen LogP contribution in [0, 0.1) is 0 Å². The molecule has 3 heteroatoms. The number of rotatable bonds is 28. The standard InChI is InChI=1S/4C8H17.H2S.2Sn/c4*1-3-5-7-8-6-4-2;;;/h4*1,3-8H2,2H3;1H2;;/q;;;;;;+1/p-1. The molecule has 0 amide bonds. The smallest absolute Gasteiger partial charge is 0.813 e. The molecule has 0 atom stereocenters. The molecule has 0 saturated carbocycles. The van der Waals surface area contributed by atoms with Crippen molar-refractivity contribution >= 4 is 55.8 Å². The zero-order valence-electron chi connectivity index (χ0n) is 25.2. The monoisotopic (exact) mass is 725 g/mol. The summed E-state index contributed by atoms with van der Waals surface area (Å²) in [6, 6.07) is 0. The van der Waals surface area contributed by atoms with E-state index < -0.39 is 0 Å². The van der Waals surface area contributed by atoms with E-state index in [2.05, 4.69) is 27.7 Å². The van der Waals surface area contributed by atoms with E-state index >= 15 is 0 Å². The van der Waals surface area contributed by atoms with Gasteiger partial charge in [0.25, 0.3) is 0 Å². The summed E-state index contributed by atoms with van der Waals surface area (Å²) < 4.78 is 6.63. The maximum atomic E-state index is 2.30. The first-order chi connectivity index (χ1) is 16.8. The molecule has 35 heavy (non-hydrogen) atoms. The maximum absolute atomic E-state index is 2.30. The van der Waals surface area contributed by atoms with Gasteiger partial charge in [-0.1, -0.05) is 0 Å². The minimum Gasteiger partial charge on any atom is -0.813 e. The Morgan fingerprint density at radius 2 is 0.600 bits per heavy atom. The minimum atomic E-state index is 0. The van der Waals surface area contributed by atoms with Gasteiger partial charge in [-0.25, -0.2) is 0 Å². The van der Waals surface area contributed by atoms with E-state index in [1.54, 1.807) is 43.4 Å². The van der Waals surface area contributed by atoms with Gasteiger partial charge in [0.15, 0.2) is 0 Å². The zero-order valence-corrected chi connectivity index (χ0v) is 31.8. The Morgan fingerprint density at radius 3 is 0.914 bits per heavy atom. The fourth-order valence-electron chi connectivity index (χ4n) is 4.37. The van der Waals surface area contributed by atoms with E-state index in [1.165, 1.54) is 128 Å². The number of thiol groups is 1. The fraction of sp³-hybridized carbons (Fsp3) is 1.00. The van der Waals surface area contributed by atoms with Crippen molar-refractivity contribution in [1.82, 2.24) is 0 Å². The second-order valence-corrected chi connectivity index (χ2v) is 19.1. The molecule has 0 bridgehead atoms. The SMILES string of the molecule is CCCCCCC[CH2][Sn+][CH2]CCCCCCC.CCCCCCC[CH2][Sn][CH2]CCCCCCC.[SH-]. The van der Waals surface area contributed by atoms with E-state index in [-0.39, 0.29) is 55.8 Å². The van der Waals surface area contributed by atoms with Gasteiger partial charge >= 0.3 is 242 Å². The summed E-state index contributed by atoms with van der Waals surface area (Å²) in [5, 5.41) is 0. The third-order valence-corrected chi connectivity index (χ3v) is 14.9. The summed E-state index contributed by atoms with van der Waals surface area (Å²) >= 11 is 0.147. The first-order valence-corrected chi connectivity index (χ1v) is 24.3. The molecule has 0 N–H and O–H groups in total. The van der Waals surface area contributed by atoms with Crippen molar-refractivity contribution in [2.45, 2.75) is 200 Å². The summed E-state index contributed by atoms with van der Waals surface area (Å²) in [4.78, 5) is 0. The van der Waals surface area contributed by atoms with E-state index in [0.29, 0.717) is 0 Å². The number of unbranched alkanes of at least 4 members (excludes halogenated alkanes) is 20. The largest absolute Gasteiger partial charge is 0.813 e. The molecule has 0 unspecified atom stereocenters. The second kappa shape index (κ2) is 43.0. The molecule has 0 aliphatic heterocycles. The van der Waals surface area contributed by atoms with E-state index in [9.17, 15) is 0 Å². The molecule has 0 aromatic rings. The van der Waals surface area contributed by atoms with Crippen molar-refractivity contribution in [3.63, 3.8) is 0 Å². The van der Waals surface area contributed by atoms with Crippen molar-refractivity contribution in [1.29, 1.82) is 0 Å². The van der Waals surface area contributed by atoms with Crippen LogP contribution in [0.1, 0.15) is 182 Å². The summed E-state index contributed by atoms with van der Waals surface area (Å²) in [7, 11) is 0. The van der Waals surface area contributed by atoms with Gasteiger partial charge in [0.05, 0.1) is 0 Å². The molecule has 0 aliphatic rings. The number of hydrogen-bond acceptors (Lipinski definition) is 1. The second-order valence-electron chi connectivity index (χ2n) is 10.6. The summed E-state index contributed by atoms with van der Waals surface area (Å²) in [6.07, 6.45) is 35.7. The quantitative estimate of drug-likeness (QED) is 0.0335.